The first kappa shape index (κ1) is 27.8. The molecule has 0 amide bonds. The van der Waals surface area contributed by atoms with Crippen molar-refractivity contribution in [1.29, 1.82) is 15.8 Å². The molecule has 49 heavy (non-hydrogen) atoms. The fourth-order valence-electron chi connectivity index (χ4n) is 7.02. The molecule has 8 nitrogen and oxygen atoms in total. The van der Waals surface area contributed by atoms with Crippen LogP contribution in [0.4, 0.5) is 0 Å². The van der Waals surface area contributed by atoms with E-state index < -0.39 is 0 Å². The number of fused-ring (bicyclic) bond motifs is 5. The predicted octanol–water partition coefficient (Wildman–Crippen LogP) is 8.57. The van der Waals surface area contributed by atoms with Crippen molar-refractivity contribution in [2.45, 2.75) is 0 Å². The molecule has 6 aromatic heterocycles. The average Bonchev–Trinajstić information content (AvgIpc) is 3.97. The van der Waals surface area contributed by atoms with Gasteiger partial charge in [-0.15, -0.1) is 0 Å². The molecule has 0 radical (unpaired) electrons. The molecule has 0 unspecified atom stereocenters. The number of hydrogen-bond acceptors (Lipinski definition) is 4. The van der Waals surface area contributed by atoms with Crippen LogP contribution in [0.2, 0.25) is 0 Å². The van der Waals surface area contributed by atoms with Gasteiger partial charge in [0.05, 0.1) is 67.5 Å². The molecular formula is C41H22N7O+. The molecule has 0 saturated heterocycles. The Bertz CT molecular complexity index is 3020. The van der Waals surface area contributed by atoms with Gasteiger partial charge in [0.2, 0.25) is 0 Å². The van der Waals surface area contributed by atoms with Crippen LogP contribution in [0.1, 0.15) is 16.7 Å². The number of nitrogens with zero attached hydrogens (tertiary/aromatic N) is 5. The number of hydrogen-bond donors (Lipinski definition) is 2. The first-order chi connectivity index (χ1) is 24.1. The quantitative estimate of drug-likeness (QED) is 0.190. The van der Waals surface area contributed by atoms with Crippen LogP contribution in [-0.4, -0.2) is 18.8 Å². The number of nitrogens with one attached hydrogen (secondary N) is 2. The first-order valence-corrected chi connectivity index (χ1v) is 15.6. The van der Waals surface area contributed by atoms with E-state index >= 15 is 0 Å². The zero-order valence-corrected chi connectivity index (χ0v) is 25.7. The molecule has 0 aliphatic carbocycles. The Morgan fingerprint density at radius 2 is 0.898 bits per heavy atom. The molecule has 0 fully saturated rings. The Kier molecular flexibility index (Phi) is 5.98. The molecule has 9 aromatic rings. The van der Waals surface area contributed by atoms with E-state index in [0.29, 0.717) is 27.7 Å². The van der Waals surface area contributed by atoms with E-state index in [9.17, 15) is 20.6 Å². The molecule has 9 rings (SSSR count). The molecule has 6 heterocycles. The Labute approximate surface area is 278 Å². The molecule has 226 valence electrons. The number of rotatable bonds is 3. The summed E-state index contributed by atoms with van der Waals surface area (Å²) in [6.07, 6.45) is 0. The fraction of sp³-hybridized carbons (Fsp3) is 0. The molecule has 0 aliphatic rings. The van der Waals surface area contributed by atoms with Gasteiger partial charge in [-0.2, -0.15) is 15.8 Å². The van der Waals surface area contributed by atoms with Crippen molar-refractivity contribution in [1.82, 2.24) is 18.8 Å². The van der Waals surface area contributed by atoms with Crippen molar-refractivity contribution in [3.05, 3.63) is 149 Å². The van der Waals surface area contributed by atoms with Gasteiger partial charge in [0.1, 0.15) is 22.7 Å². The van der Waals surface area contributed by atoms with Crippen LogP contribution in [0.3, 0.4) is 0 Å². The highest BCUT2D eigenvalue weighted by Gasteiger charge is 2.21. The Balaban J connectivity index is 1.52. The van der Waals surface area contributed by atoms with Crippen molar-refractivity contribution in [3.8, 4) is 51.6 Å². The topological polar surface area (TPSA) is 129 Å². The molecule has 0 aliphatic heterocycles. The zero-order chi connectivity index (χ0) is 33.2. The molecule has 0 spiro atoms. The van der Waals surface area contributed by atoms with Crippen molar-refractivity contribution >= 4 is 44.1 Å². The highest BCUT2D eigenvalue weighted by Crippen LogP contribution is 2.37. The summed E-state index contributed by atoms with van der Waals surface area (Å²) in [4.78, 5) is 22.1. The monoisotopic (exact) mass is 628 g/mol. The van der Waals surface area contributed by atoms with Gasteiger partial charge in [0, 0.05) is 35.4 Å². The van der Waals surface area contributed by atoms with Crippen LogP contribution in [0.5, 0.6) is 0 Å². The van der Waals surface area contributed by atoms with E-state index in [2.05, 4.69) is 28.2 Å². The van der Waals surface area contributed by atoms with Gasteiger partial charge in [-0.25, -0.2) is 4.79 Å². The number of nitriles is 3. The smallest absolute Gasteiger partial charge is 0.338 e. The van der Waals surface area contributed by atoms with Gasteiger partial charge in [-0.05, 0) is 83.9 Å². The highest BCUT2D eigenvalue weighted by molar-refractivity contribution is 6.02. The average molecular weight is 629 g/mol. The first-order valence-electron chi connectivity index (χ1n) is 15.6. The number of benzene rings is 3. The van der Waals surface area contributed by atoms with E-state index in [4.69, 9.17) is 0 Å². The van der Waals surface area contributed by atoms with Crippen LogP contribution in [0.25, 0.3) is 77.5 Å². The van der Waals surface area contributed by atoms with E-state index in [1.54, 1.807) is 45.2 Å². The molecule has 8 heteroatoms. The van der Waals surface area contributed by atoms with Crippen LogP contribution in [-0.2, 0) is 0 Å². The van der Waals surface area contributed by atoms with Crippen molar-refractivity contribution in [3.63, 3.8) is 0 Å². The summed E-state index contributed by atoms with van der Waals surface area (Å²) in [5.41, 5.74) is 12.7. The second kappa shape index (κ2) is 10.5. The van der Waals surface area contributed by atoms with E-state index in [1.165, 1.54) is 0 Å². The van der Waals surface area contributed by atoms with Crippen LogP contribution in [0, 0.1) is 34.0 Å². The molecule has 3 aromatic carbocycles. The number of aromatic nitrogens is 4. The summed E-state index contributed by atoms with van der Waals surface area (Å²) in [5, 5.41) is 28.5. The maximum Gasteiger partial charge on any atom is 0.338 e. The maximum absolute atomic E-state index is 14.9. The summed E-state index contributed by atoms with van der Waals surface area (Å²) in [5.74, 6) is 0. The summed E-state index contributed by atoms with van der Waals surface area (Å²) >= 11 is 0. The lowest BCUT2D eigenvalue weighted by Crippen LogP contribution is -2.21. The largest absolute Gasteiger partial charge is 0.341 e. The van der Waals surface area contributed by atoms with Gasteiger partial charge in [0.15, 0.2) is 0 Å². The zero-order valence-electron chi connectivity index (χ0n) is 25.7. The van der Waals surface area contributed by atoms with Gasteiger partial charge in [-0.1, -0.05) is 24.3 Å². The summed E-state index contributed by atoms with van der Waals surface area (Å²) in [6, 6.07) is 44.7. The summed E-state index contributed by atoms with van der Waals surface area (Å²) < 4.78 is 3.50. The van der Waals surface area contributed by atoms with Gasteiger partial charge in [-0.3, -0.25) is 8.80 Å². The predicted molar refractivity (Wildman–Crippen MR) is 191 cm³/mol. The molecule has 6 bridgehead atoms. The standard InChI is InChI=1S/C41H22N7O/c42-21-24-1-7-27(8-2-24)38-31-14-13-30(45-31)34-17-18-36-40(29-11-5-26(23-44)6-12-29)37-20-19-35(48(37)41(49)47(34)36)39(33-16-15-32(38)46-33)28-9-3-25(22-43)4-10-28/h1-20,45-46H/q+1. The molecule has 0 atom stereocenters. The van der Waals surface area contributed by atoms with Crippen LogP contribution < -0.4 is 5.69 Å². The van der Waals surface area contributed by atoms with E-state index in [1.807, 2.05) is 84.9 Å². The second-order valence-electron chi connectivity index (χ2n) is 11.9. The third kappa shape index (κ3) is 4.14. The minimum Gasteiger partial charge on any atom is -0.341 e. The summed E-state index contributed by atoms with van der Waals surface area (Å²) in [7, 11) is 0. The minimum absolute atomic E-state index is 0.230. The molecule has 0 saturated carbocycles. The Morgan fingerprint density at radius 3 is 1.45 bits per heavy atom. The van der Waals surface area contributed by atoms with E-state index in [0.717, 1.165) is 66.5 Å². The van der Waals surface area contributed by atoms with Gasteiger partial charge in [0.25, 0.3) is 0 Å². The molecular weight excluding hydrogens is 606 g/mol. The van der Waals surface area contributed by atoms with Crippen molar-refractivity contribution in [2.24, 2.45) is 0 Å². The van der Waals surface area contributed by atoms with Gasteiger partial charge >= 0.3 is 5.69 Å². The van der Waals surface area contributed by atoms with Gasteiger partial charge < -0.3 is 9.97 Å². The SMILES string of the molecule is N#Cc1ccc(-c2c3ccc([nH]3)[c+](-c3ccc(C#N)cc3)c3ccc([nH]3)c3ccc4c(-c5ccc(C#N)cc5)c5ccc2n5c(=O)n43)cc1. The lowest BCUT2D eigenvalue weighted by atomic mass is 10.0. The molecule has 2 N–H and O–H groups in total. The normalized spacial score (nSPS) is 11.3. The van der Waals surface area contributed by atoms with Crippen molar-refractivity contribution in [2.75, 3.05) is 0 Å². The highest BCUT2D eigenvalue weighted by atomic mass is 16.1. The lowest BCUT2D eigenvalue weighted by molar-refractivity contribution is 1.01. The third-order valence-corrected chi connectivity index (χ3v) is 9.28. The number of H-pyrrole nitrogens is 2. The maximum atomic E-state index is 14.9. The Hall–Kier alpha value is -7.47. The van der Waals surface area contributed by atoms with Crippen molar-refractivity contribution < 1.29 is 0 Å². The fourth-order valence-corrected chi connectivity index (χ4v) is 7.02. The Morgan fingerprint density at radius 1 is 0.469 bits per heavy atom. The second-order valence-corrected chi connectivity index (χ2v) is 11.9. The minimum atomic E-state index is -0.230. The summed E-state index contributed by atoms with van der Waals surface area (Å²) in [6.45, 7) is 0. The van der Waals surface area contributed by atoms with E-state index in [-0.39, 0.29) is 5.69 Å². The van der Waals surface area contributed by atoms with Crippen LogP contribution >= 0.6 is 0 Å². The third-order valence-electron chi connectivity index (χ3n) is 9.28. The van der Waals surface area contributed by atoms with Crippen LogP contribution in [0.15, 0.2) is 126 Å². The number of aromatic amines is 2. The lowest BCUT2D eigenvalue weighted by Gasteiger charge is -2.11.